The number of hydrogen-bond acceptors (Lipinski definition) is 6. The van der Waals surface area contributed by atoms with E-state index in [-0.39, 0.29) is 31.1 Å². The van der Waals surface area contributed by atoms with Crippen molar-refractivity contribution in [1.29, 1.82) is 0 Å². The lowest BCUT2D eigenvalue weighted by Gasteiger charge is -2.21. The highest BCUT2D eigenvalue weighted by Crippen LogP contribution is 2.21. The van der Waals surface area contributed by atoms with Crippen LogP contribution in [-0.4, -0.2) is 35.9 Å². The smallest absolute Gasteiger partial charge is 0.303 e. The highest BCUT2D eigenvalue weighted by Gasteiger charge is 2.21. The number of carboxylic acids is 1. The molecule has 9 heteroatoms. The number of carbonyl (C=O) groups is 1. The molecule has 0 aliphatic rings. The zero-order valence-corrected chi connectivity index (χ0v) is 13.6. The predicted octanol–water partition coefficient (Wildman–Crippen LogP) is 1.36. The van der Waals surface area contributed by atoms with Crippen molar-refractivity contribution in [3.05, 3.63) is 41.5 Å². The van der Waals surface area contributed by atoms with Crippen LogP contribution in [0.2, 0.25) is 0 Å². The van der Waals surface area contributed by atoms with E-state index in [9.17, 15) is 13.2 Å². The number of aliphatic carboxylic acids is 1. The molecule has 0 aliphatic heterocycles. The minimum absolute atomic E-state index is 0.0845. The summed E-state index contributed by atoms with van der Waals surface area (Å²) in [5.74, 6) is -0.625. The van der Waals surface area contributed by atoms with Gasteiger partial charge in [-0.3, -0.25) is 9.10 Å². The van der Waals surface area contributed by atoms with Crippen molar-refractivity contribution in [1.82, 2.24) is 10.1 Å². The van der Waals surface area contributed by atoms with E-state index in [1.54, 1.807) is 18.2 Å². The van der Waals surface area contributed by atoms with Crippen molar-refractivity contribution < 1.29 is 22.8 Å². The molecule has 0 saturated carbocycles. The summed E-state index contributed by atoms with van der Waals surface area (Å²) in [5, 5.41) is 12.3. The second-order valence-electron chi connectivity index (χ2n) is 5.11. The summed E-state index contributed by atoms with van der Waals surface area (Å²) in [4.78, 5) is 14.6. The maximum atomic E-state index is 12.0. The van der Waals surface area contributed by atoms with Gasteiger partial charge < -0.3 is 9.63 Å². The van der Waals surface area contributed by atoms with Crippen LogP contribution in [0.15, 0.2) is 28.8 Å². The van der Waals surface area contributed by atoms with Crippen LogP contribution in [0.1, 0.15) is 23.7 Å². The largest absolute Gasteiger partial charge is 0.481 e. The molecule has 0 radical (unpaired) electrons. The van der Waals surface area contributed by atoms with Crippen LogP contribution in [0, 0.1) is 6.92 Å². The molecule has 0 fully saturated rings. The average molecular weight is 339 g/mol. The number of aromatic nitrogens is 2. The molecule has 1 aromatic heterocycles. The van der Waals surface area contributed by atoms with Crippen LogP contribution in [0.3, 0.4) is 0 Å². The summed E-state index contributed by atoms with van der Waals surface area (Å²) in [6, 6.07) is 7.05. The van der Waals surface area contributed by atoms with Crippen molar-refractivity contribution >= 4 is 21.7 Å². The van der Waals surface area contributed by atoms with Gasteiger partial charge in [0.1, 0.15) is 0 Å². The molecule has 0 bridgehead atoms. The molecule has 0 unspecified atom stereocenters. The van der Waals surface area contributed by atoms with E-state index in [1.165, 1.54) is 4.31 Å². The van der Waals surface area contributed by atoms with E-state index in [0.717, 1.165) is 11.8 Å². The zero-order chi connectivity index (χ0) is 17.0. The zero-order valence-electron chi connectivity index (χ0n) is 12.8. The standard InChI is InChI=1S/C14H17N3O5S/c1-10-4-3-5-11(8-10)17(23(2,20)21)9-12-15-13(22-16-12)6-7-14(18)19/h3-5,8H,6-7,9H2,1-2H3,(H,18,19). The molecule has 1 N–H and O–H groups in total. The van der Waals surface area contributed by atoms with Gasteiger partial charge in [-0.1, -0.05) is 17.3 Å². The molecule has 2 rings (SSSR count). The Bertz CT molecular complexity index is 800. The molecular weight excluding hydrogens is 322 g/mol. The van der Waals surface area contributed by atoms with Gasteiger partial charge >= 0.3 is 5.97 Å². The Hall–Kier alpha value is -2.42. The van der Waals surface area contributed by atoms with Crippen molar-refractivity contribution in [3.63, 3.8) is 0 Å². The number of sulfonamides is 1. The molecule has 0 amide bonds. The van der Waals surface area contributed by atoms with Gasteiger partial charge in [-0.05, 0) is 24.6 Å². The van der Waals surface area contributed by atoms with Crippen molar-refractivity contribution in [2.24, 2.45) is 0 Å². The van der Waals surface area contributed by atoms with E-state index in [1.807, 2.05) is 13.0 Å². The average Bonchev–Trinajstić information content (AvgIpc) is 2.89. The summed E-state index contributed by atoms with van der Waals surface area (Å²) in [6.45, 7) is 1.78. The summed E-state index contributed by atoms with van der Waals surface area (Å²) in [5.41, 5.74) is 1.43. The van der Waals surface area contributed by atoms with E-state index < -0.39 is 16.0 Å². The van der Waals surface area contributed by atoms with Gasteiger partial charge in [-0.25, -0.2) is 8.42 Å². The minimum Gasteiger partial charge on any atom is -0.481 e. The van der Waals surface area contributed by atoms with Gasteiger partial charge in [0.25, 0.3) is 0 Å². The van der Waals surface area contributed by atoms with Crippen LogP contribution >= 0.6 is 0 Å². The van der Waals surface area contributed by atoms with E-state index in [0.29, 0.717) is 5.69 Å². The fraction of sp³-hybridized carbons (Fsp3) is 0.357. The molecule has 0 atom stereocenters. The lowest BCUT2D eigenvalue weighted by Crippen LogP contribution is -2.29. The Labute approximate surface area is 133 Å². The molecule has 2 aromatic rings. The summed E-state index contributed by atoms with van der Waals surface area (Å²) in [6.07, 6.45) is 1.07. The van der Waals surface area contributed by atoms with Crippen LogP contribution in [0.25, 0.3) is 0 Å². The third-order valence-corrected chi connectivity index (χ3v) is 4.18. The summed E-state index contributed by atoms with van der Waals surface area (Å²) >= 11 is 0. The monoisotopic (exact) mass is 339 g/mol. The Kier molecular flexibility index (Phi) is 4.99. The quantitative estimate of drug-likeness (QED) is 0.810. The number of aryl methyl sites for hydroxylation is 2. The van der Waals surface area contributed by atoms with E-state index >= 15 is 0 Å². The maximum Gasteiger partial charge on any atom is 0.303 e. The van der Waals surface area contributed by atoms with Crippen molar-refractivity contribution in [2.45, 2.75) is 26.3 Å². The topological polar surface area (TPSA) is 114 Å². The van der Waals surface area contributed by atoms with Gasteiger partial charge in [0, 0.05) is 6.42 Å². The van der Waals surface area contributed by atoms with Gasteiger partial charge in [0.15, 0.2) is 5.82 Å². The number of rotatable bonds is 7. The molecule has 124 valence electrons. The third-order valence-electron chi connectivity index (χ3n) is 3.04. The molecule has 0 saturated heterocycles. The maximum absolute atomic E-state index is 12.0. The molecular formula is C14H17N3O5S. The predicted molar refractivity (Wildman–Crippen MR) is 82.5 cm³/mol. The highest BCUT2D eigenvalue weighted by atomic mass is 32.2. The minimum atomic E-state index is -3.53. The van der Waals surface area contributed by atoms with Gasteiger partial charge in [0.2, 0.25) is 15.9 Å². The highest BCUT2D eigenvalue weighted by molar-refractivity contribution is 7.92. The van der Waals surface area contributed by atoms with Crippen LogP contribution < -0.4 is 4.31 Å². The van der Waals surface area contributed by atoms with E-state index in [2.05, 4.69) is 10.1 Å². The number of benzene rings is 1. The molecule has 23 heavy (non-hydrogen) atoms. The van der Waals surface area contributed by atoms with Crippen LogP contribution in [0.5, 0.6) is 0 Å². The second kappa shape index (κ2) is 6.78. The Balaban J connectivity index is 2.21. The number of hydrogen-bond donors (Lipinski definition) is 1. The molecule has 1 heterocycles. The Morgan fingerprint density at radius 3 is 2.74 bits per heavy atom. The third kappa shape index (κ3) is 4.78. The summed E-state index contributed by atoms with van der Waals surface area (Å²) in [7, 11) is -3.53. The van der Waals surface area contributed by atoms with Gasteiger partial charge in [-0.2, -0.15) is 4.98 Å². The van der Waals surface area contributed by atoms with Gasteiger partial charge in [0.05, 0.1) is 24.9 Å². The lowest BCUT2D eigenvalue weighted by atomic mass is 10.2. The normalized spacial score (nSPS) is 11.4. The number of nitrogens with zero attached hydrogens (tertiary/aromatic N) is 3. The Morgan fingerprint density at radius 1 is 1.39 bits per heavy atom. The number of anilines is 1. The first-order valence-electron chi connectivity index (χ1n) is 6.83. The summed E-state index contributed by atoms with van der Waals surface area (Å²) < 4.78 is 30.2. The second-order valence-corrected chi connectivity index (χ2v) is 7.01. The van der Waals surface area contributed by atoms with E-state index in [4.69, 9.17) is 9.63 Å². The Morgan fingerprint density at radius 2 is 2.13 bits per heavy atom. The first-order chi connectivity index (χ1) is 10.8. The molecule has 1 aromatic carbocycles. The van der Waals surface area contributed by atoms with Crippen LogP contribution in [-0.2, 0) is 27.8 Å². The SMILES string of the molecule is Cc1cccc(N(Cc2noc(CCC(=O)O)n2)S(C)(=O)=O)c1. The van der Waals surface area contributed by atoms with Crippen molar-refractivity contribution in [3.8, 4) is 0 Å². The van der Waals surface area contributed by atoms with Crippen LogP contribution in [0.4, 0.5) is 5.69 Å². The van der Waals surface area contributed by atoms with Gasteiger partial charge in [-0.15, -0.1) is 0 Å². The fourth-order valence-electron chi connectivity index (χ4n) is 1.98. The lowest BCUT2D eigenvalue weighted by molar-refractivity contribution is -0.137. The fourth-order valence-corrected chi connectivity index (χ4v) is 2.83. The molecule has 0 spiro atoms. The molecule has 8 nitrogen and oxygen atoms in total. The number of carboxylic acid groups (broad SMARTS) is 1. The van der Waals surface area contributed by atoms with Crippen molar-refractivity contribution in [2.75, 3.05) is 10.6 Å². The first kappa shape index (κ1) is 16.9. The first-order valence-corrected chi connectivity index (χ1v) is 8.68. The molecule has 0 aliphatic carbocycles.